The van der Waals surface area contributed by atoms with Gasteiger partial charge in [0.25, 0.3) is 0 Å². The van der Waals surface area contributed by atoms with Crippen LogP contribution in [0.3, 0.4) is 0 Å². The Kier molecular flexibility index (Phi) is 5.35. The first-order valence-electron chi connectivity index (χ1n) is 9.55. The Morgan fingerprint density at radius 2 is 0.857 bits per heavy atom. The fraction of sp³-hybridized carbons (Fsp3) is 0.0370. The van der Waals surface area contributed by atoms with Crippen LogP contribution in [-0.4, -0.2) is 0 Å². The van der Waals surface area contributed by atoms with Gasteiger partial charge in [-0.25, -0.2) is 0 Å². The van der Waals surface area contributed by atoms with Crippen LogP contribution in [0.4, 0.5) is 17.1 Å². The Bertz CT molecular complexity index is 991. The summed E-state index contributed by atoms with van der Waals surface area (Å²) in [5.74, 6) is 0. The summed E-state index contributed by atoms with van der Waals surface area (Å²) in [5.41, 5.74) is 7.12. The van der Waals surface area contributed by atoms with E-state index < -0.39 is 0 Å². The molecule has 0 fully saturated rings. The fourth-order valence-electron chi connectivity index (χ4n) is 3.21. The summed E-state index contributed by atoms with van der Waals surface area (Å²) >= 11 is 0. The van der Waals surface area contributed by atoms with E-state index in [1.165, 1.54) is 16.7 Å². The van der Waals surface area contributed by atoms with Crippen molar-refractivity contribution in [1.82, 2.24) is 0 Å². The van der Waals surface area contributed by atoms with Gasteiger partial charge in [-0.15, -0.1) is 0 Å². The van der Waals surface area contributed by atoms with Gasteiger partial charge in [0.05, 0.1) is 0 Å². The number of nitrogens with zero attached hydrogens (tertiary/aromatic N) is 1. The molecule has 0 aliphatic carbocycles. The molecule has 1 heteroatoms. The van der Waals surface area contributed by atoms with Crippen LogP contribution in [0.2, 0.25) is 0 Å². The quantitative estimate of drug-likeness (QED) is 0.330. The van der Waals surface area contributed by atoms with Crippen molar-refractivity contribution in [3.05, 3.63) is 126 Å². The predicted molar refractivity (Wildman–Crippen MR) is 121 cm³/mol. The molecular weight excluding hydrogens is 338 g/mol. The largest absolute Gasteiger partial charge is 0.311 e. The molecule has 0 aromatic heterocycles. The molecule has 1 nitrogen and oxygen atoms in total. The first-order valence-corrected chi connectivity index (χ1v) is 9.55. The molecule has 136 valence electrons. The predicted octanol–water partition coefficient (Wildman–Crippen LogP) is 7.64. The Morgan fingerprint density at radius 1 is 0.464 bits per heavy atom. The number of benzene rings is 4. The first kappa shape index (κ1) is 17.8. The molecular formula is C27H23N. The zero-order valence-electron chi connectivity index (χ0n) is 16.0. The fourth-order valence-corrected chi connectivity index (χ4v) is 3.21. The van der Waals surface area contributed by atoms with E-state index in [0.29, 0.717) is 0 Å². The van der Waals surface area contributed by atoms with Crippen molar-refractivity contribution in [2.24, 2.45) is 0 Å². The maximum absolute atomic E-state index is 2.27. The Hall–Kier alpha value is -3.58. The van der Waals surface area contributed by atoms with Crippen molar-refractivity contribution < 1.29 is 0 Å². The summed E-state index contributed by atoms with van der Waals surface area (Å²) in [4.78, 5) is 2.27. The Balaban J connectivity index is 1.62. The topological polar surface area (TPSA) is 3.24 Å². The molecule has 0 atom stereocenters. The molecule has 0 saturated heterocycles. The van der Waals surface area contributed by atoms with E-state index in [1.54, 1.807) is 0 Å². The molecule has 0 bridgehead atoms. The van der Waals surface area contributed by atoms with Crippen molar-refractivity contribution in [3.63, 3.8) is 0 Å². The minimum atomic E-state index is 1.14. The second-order valence-electron chi connectivity index (χ2n) is 6.84. The standard InChI is InChI=1S/C27H23N/c1-22-12-14-23(15-13-22)16-17-24-18-20-27(21-19-24)28(25-8-4-2-5-9-25)26-10-6-3-7-11-26/h2-21H,1H3/b17-16-. The third-order valence-electron chi connectivity index (χ3n) is 4.73. The van der Waals surface area contributed by atoms with Crippen molar-refractivity contribution in [2.45, 2.75) is 6.92 Å². The maximum Gasteiger partial charge on any atom is 0.0462 e. The normalized spacial score (nSPS) is 10.9. The Morgan fingerprint density at radius 3 is 1.32 bits per heavy atom. The molecule has 0 saturated carbocycles. The average Bonchev–Trinajstić information content (AvgIpc) is 2.76. The van der Waals surface area contributed by atoms with Gasteiger partial charge in [0.2, 0.25) is 0 Å². The van der Waals surface area contributed by atoms with Crippen molar-refractivity contribution >= 4 is 29.2 Å². The molecule has 0 radical (unpaired) electrons. The van der Waals surface area contributed by atoms with Gasteiger partial charge in [-0.05, 0) is 54.4 Å². The van der Waals surface area contributed by atoms with Crippen LogP contribution < -0.4 is 4.90 Å². The zero-order valence-corrected chi connectivity index (χ0v) is 16.0. The minimum Gasteiger partial charge on any atom is -0.311 e. The number of hydrogen-bond acceptors (Lipinski definition) is 1. The van der Waals surface area contributed by atoms with Gasteiger partial charge < -0.3 is 4.90 Å². The second-order valence-corrected chi connectivity index (χ2v) is 6.84. The lowest BCUT2D eigenvalue weighted by molar-refractivity contribution is 1.28. The van der Waals surface area contributed by atoms with Crippen LogP contribution in [0, 0.1) is 6.92 Å². The minimum absolute atomic E-state index is 1.14. The lowest BCUT2D eigenvalue weighted by Crippen LogP contribution is -2.09. The van der Waals surface area contributed by atoms with Crippen LogP contribution >= 0.6 is 0 Å². The van der Waals surface area contributed by atoms with Gasteiger partial charge in [-0.3, -0.25) is 0 Å². The van der Waals surface area contributed by atoms with Crippen molar-refractivity contribution in [2.75, 3.05) is 4.90 Å². The summed E-state index contributed by atoms with van der Waals surface area (Å²) < 4.78 is 0. The number of para-hydroxylation sites is 2. The van der Waals surface area contributed by atoms with Crippen LogP contribution in [0.5, 0.6) is 0 Å². The molecule has 0 spiro atoms. The van der Waals surface area contributed by atoms with E-state index in [-0.39, 0.29) is 0 Å². The number of hydrogen-bond donors (Lipinski definition) is 0. The van der Waals surface area contributed by atoms with Crippen LogP contribution in [0.25, 0.3) is 12.2 Å². The van der Waals surface area contributed by atoms with Crippen molar-refractivity contribution in [3.8, 4) is 0 Å². The monoisotopic (exact) mass is 361 g/mol. The molecule has 28 heavy (non-hydrogen) atoms. The highest BCUT2D eigenvalue weighted by Gasteiger charge is 2.11. The molecule has 0 aliphatic heterocycles. The van der Waals surface area contributed by atoms with Crippen molar-refractivity contribution in [1.29, 1.82) is 0 Å². The number of rotatable bonds is 5. The van der Waals surface area contributed by atoms with Gasteiger partial charge in [0, 0.05) is 17.1 Å². The van der Waals surface area contributed by atoms with E-state index in [4.69, 9.17) is 0 Å². The highest BCUT2D eigenvalue weighted by molar-refractivity contribution is 5.78. The summed E-state index contributed by atoms with van der Waals surface area (Å²) in [7, 11) is 0. The van der Waals surface area contributed by atoms with Crippen LogP contribution in [0.1, 0.15) is 16.7 Å². The van der Waals surface area contributed by atoms with Crippen LogP contribution in [-0.2, 0) is 0 Å². The van der Waals surface area contributed by atoms with E-state index >= 15 is 0 Å². The van der Waals surface area contributed by atoms with Gasteiger partial charge >= 0.3 is 0 Å². The van der Waals surface area contributed by atoms with Crippen LogP contribution in [0.15, 0.2) is 109 Å². The van der Waals surface area contributed by atoms with E-state index in [1.807, 2.05) is 12.1 Å². The average molecular weight is 361 g/mol. The number of aryl methyl sites for hydroxylation is 1. The van der Waals surface area contributed by atoms with Gasteiger partial charge in [-0.1, -0.05) is 90.5 Å². The molecule has 4 aromatic carbocycles. The van der Waals surface area contributed by atoms with E-state index in [0.717, 1.165) is 17.1 Å². The molecule has 0 amide bonds. The van der Waals surface area contributed by atoms with E-state index in [2.05, 4.69) is 121 Å². The summed E-state index contributed by atoms with van der Waals surface area (Å²) in [6.45, 7) is 2.11. The SMILES string of the molecule is Cc1ccc(/C=C\c2ccc(N(c3ccccc3)c3ccccc3)cc2)cc1. The first-order chi connectivity index (χ1) is 13.8. The molecule has 4 rings (SSSR count). The zero-order chi connectivity index (χ0) is 19.2. The highest BCUT2D eigenvalue weighted by Crippen LogP contribution is 2.34. The number of anilines is 3. The summed E-state index contributed by atoms with van der Waals surface area (Å²) in [6.07, 6.45) is 4.31. The van der Waals surface area contributed by atoms with E-state index in [9.17, 15) is 0 Å². The molecule has 0 aliphatic rings. The van der Waals surface area contributed by atoms with Gasteiger partial charge in [-0.2, -0.15) is 0 Å². The molecule has 0 N–H and O–H groups in total. The smallest absolute Gasteiger partial charge is 0.0462 e. The summed E-state index contributed by atoms with van der Waals surface area (Å²) in [6, 6.07) is 38.2. The third-order valence-corrected chi connectivity index (χ3v) is 4.73. The van der Waals surface area contributed by atoms with Gasteiger partial charge in [0.15, 0.2) is 0 Å². The summed E-state index contributed by atoms with van der Waals surface area (Å²) in [5, 5.41) is 0. The molecule has 4 aromatic rings. The molecule has 0 heterocycles. The molecule has 0 unspecified atom stereocenters. The highest BCUT2D eigenvalue weighted by atomic mass is 15.1. The van der Waals surface area contributed by atoms with Gasteiger partial charge in [0.1, 0.15) is 0 Å². The lowest BCUT2D eigenvalue weighted by Gasteiger charge is -2.25. The Labute approximate surface area is 167 Å². The maximum atomic E-state index is 2.27. The second kappa shape index (κ2) is 8.41. The third kappa shape index (κ3) is 4.21. The lowest BCUT2D eigenvalue weighted by atomic mass is 10.1.